The van der Waals surface area contributed by atoms with Crippen molar-refractivity contribution in [2.75, 3.05) is 0 Å². The average molecular weight is 383 g/mol. The van der Waals surface area contributed by atoms with Gasteiger partial charge in [0.1, 0.15) is 0 Å². The van der Waals surface area contributed by atoms with Crippen LogP contribution in [0.1, 0.15) is 128 Å². The molecule has 0 radical (unpaired) electrons. The highest BCUT2D eigenvalue weighted by molar-refractivity contribution is 5.19. The minimum absolute atomic E-state index is 0.843. The molecule has 2 saturated carbocycles. The Hall–Kier alpha value is -0.780. The van der Waals surface area contributed by atoms with E-state index in [2.05, 4.69) is 37.3 Å². The molecule has 0 aliphatic heterocycles. The van der Waals surface area contributed by atoms with E-state index in [1.54, 1.807) is 31.2 Å². The molecule has 0 aromatic heterocycles. The zero-order valence-electron chi connectivity index (χ0n) is 18.7. The van der Waals surface area contributed by atoms with Gasteiger partial charge in [-0.1, -0.05) is 108 Å². The van der Waals surface area contributed by atoms with E-state index in [1.807, 2.05) is 0 Å². The molecule has 0 bridgehead atoms. The lowest BCUT2D eigenvalue weighted by atomic mass is 9.68. The number of rotatable bonds is 11. The Bertz CT molecular complexity index is 488. The molecule has 0 amide bonds. The van der Waals surface area contributed by atoms with E-state index in [4.69, 9.17) is 0 Å². The summed E-state index contributed by atoms with van der Waals surface area (Å²) in [6, 6.07) is 11.3. The summed E-state index contributed by atoms with van der Waals surface area (Å²) < 4.78 is 0. The van der Waals surface area contributed by atoms with Gasteiger partial charge in [-0.25, -0.2) is 0 Å². The van der Waals surface area contributed by atoms with Crippen LogP contribution in [0, 0.1) is 17.8 Å². The Morgan fingerprint density at radius 1 is 0.607 bits per heavy atom. The summed E-state index contributed by atoms with van der Waals surface area (Å²) in [6.07, 6.45) is 25.3. The van der Waals surface area contributed by atoms with Gasteiger partial charge in [-0.15, -0.1) is 0 Å². The van der Waals surface area contributed by atoms with Crippen LogP contribution in [0.3, 0.4) is 0 Å². The first kappa shape index (κ1) is 21.9. The maximum atomic E-state index is 2.35. The third-order valence-electron chi connectivity index (χ3n) is 8.07. The van der Waals surface area contributed by atoms with Gasteiger partial charge in [-0.2, -0.15) is 0 Å². The molecule has 0 atom stereocenters. The van der Waals surface area contributed by atoms with E-state index in [0.29, 0.717) is 0 Å². The zero-order chi connectivity index (χ0) is 19.4. The van der Waals surface area contributed by atoms with E-state index in [9.17, 15) is 0 Å². The fourth-order valence-electron chi connectivity index (χ4n) is 6.16. The van der Waals surface area contributed by atoms with Crippen molar-refractivity contribution < 1.29 is 0 Å². The quantitative estimate of drug-likeness (QED) is 0.334. The molecule has 0 saturated heterocycles. The first-order valence-electron chi connectivity index (χ1n) is 12.9. The fourth-order valence-corrected chi connectivity index (χ4v) is 6.16. The molecule has 1 aromatic carbocycles. The van der Waals surface area contributed by atoms with Crippen LogP contribution in [0.25, 0.3) is 0 Å². The number of unbranched alkanes of at least 4 members (excludes halogenated alkanes) is 7. The van der Waals surface area contributed by atoms with Crippen LogP contribution in [0.5, 0.6) is 0 Å². The second kappa shape index (κ2) is 12.7. The van der Waals surface area contributed by atoms with Gasteiger partial charge in [-0.05, 0) is 67.8 Å². The minimum Gasteiger partial charge on any atom is -0.0654 e. The lowest BCUT2D eigenvalue weighted by Crippen LogP contribution is -2.25. The largest absolute Gasteiger partial charge is 0.0654 e. The molecule has 2 aliphatic carbocycles. The van der Waals surface area contributed by atoms with E-state index >= 15 is 0 Å². The van der Waals surface area contributed by atoms with Gasteiger partial charge < -0.3 is 0 Å². The first-order chi connectivity index (χ1) is 13.9. The van der Waals surface area contributed by atoms with Crippen LogP contribution in [0.4, 0.5) is 0 Å². The van der Waals surface area contributed by atoms with Gasteiger partial charge in [0.25, 0.3) is 0 Å². The first-order valence-corrected chi connectivity index (χ1v) is 12.9. The van der Waals surface area contributed by atoms with Crippen LogP contribution in [0.2, 0.25) is 0 Å². The molecular formula is C28H46. The average Bonchev–Trinajstić information content (AvgIpc) is 2.77. The summed E-state index contributed by atoms with van der Waals surface area (Å²) in [6.45, 7) is 2.31. The van der Waals surface area contributed by atoms with Gasteiger partial charge in [0.05, 0.1) is 0 Å². The van der Waals surface area contributed by atoms with E-state index in [0.717, 1.165) is 23.7 Å². The van der Waals surface area contributed by atoms with Gasteiger partial charge >= 0.3 is 0 Å². The van der Waals surface area contributed by atoms with E-state index < -0.39 is 0 Å². The molecule has 0 heteroatoms. The third-order valence-corrected chi connectivity index (χ3v) is 8.07. The summed E-state index contributed by atoms with van der Waals surface area (Å²) in [7, 11) is 0. The molecule has 0 nitrogen and oxygen atoms in total. The Morgan fingerprint density at radius 3 is 1.75 bits per heavy atom. The van der Waals surface area contributed by atoms with Gasteiger partial charge in [0.2, 0.25) is 0 Å². The molecular weight excluding hydrogens is 336 g/mol. The van der Waals surface area contributed by atoms with Crippen molar-refractivity contribution in [2.24, 2.45) is 17.8 Å². The predicted octanol–water partition coefficient (Wildman–Crippen LogP) is 9.30. The summed E-state index contributed by atoms with van der Waals surface area (Å²) in [5.41, 5.74) is 1.59. The Kier molecular flexibility index (Phi) is 9.95. The molecule has 1 aromatic rings. The highest BCUT2D eigenvalue weighted by atomic mass is 14.4. The van der Waals surface area contributed by atoms with Gasteiger partial charge in [0.15, 0.2) is 0 Å². The molecule has 28 heavy (non-hydrogen) atoms. The lowest BCUT2D eigenvalue weighted by Gasteiger charge is -2.38. The van der Waals surface area contributed by atoms with Crippen molar-refractivity contribution in [1.29, 1.82) is 0 Å². The maximum absolute atomic E-state index is 2.35. The van der Waals surface area contributed by atoms with Gasteiger partial charge in [0, 0.05) is 0 Å². The summed E-state index contributed by atoms with van der Waals surface area (Å²) in [4.78, 5) is 0. The van der Waals surface area contributed by atoms with Crippen LogP contribution < -0.4 is 0 Å². The van der Waals surface area contributed by atoms with Crippen molar-refractivity contribution >= 4 is 0 Å². The Labute approximate surface area is 175 Å². The molecule has 2 fully saturated rings. The smallest absolute Gasteiger partial charge is 0.0162 e. The molecule has 0 spiro atoms. The van der Waals surface area contributed by atoms with Crippen LogP contribution in [-0.4, -0.2) is 0 Å². The maximum Gasteiger partial charge on any atom is -0.0162 e. The van der Waals surface area contributed by atoms with Gasteiger partial charge in [-0.3, -0.25) is 0 Å². The second-order valence-corrected chi connectivity index (χ2v) is 10.1. The Morgan fingerprint density at radius 2 is 1.14 bits per heavy atom. The monoisotopic (exact) mass is 382 g/mol. The molecule has 0 N–H and O–H groups in total. The normalized spacial score (nSPS) is 28.3. The highest BCUT2D eigenvalue weighted by Crippen LogP contribution is 2.44. The SMILES string of the molecule is CCCCCCCCCC[C@H]1CC[C@H]([C@H]2CC[C@H](c3ccccc3)CC2)CC1. The highest BCUT2D eigenvalue weighted by Gasteiger charge is 2.31. The van der Waals surface area contributed by atoms with Crippen molar-refractivity contribution in [3.05, 3.63) is 35.9 Å². The molecule has 3 rings (SSSR count). The Balaban J connectivity index is 1.24. The number of benzene rings is 1. The number of hydrogen-bond donors (Lipinski definition) is 0. The minimum atomic E-state index is 0.843. The van der Waals surface area contributed by atoms with E-state index in [-0.39, 0.29) is 0 Å². The van der Waals surface area contributed by atoms with Crippen LogP contribution in [-0.2, 0) is 0 Å². The fraction of sp³-hybridized carbons (Fsp3) is 0.786. The van der Waals surface area contributed by atoms with Crippen molar-refractivity contribution in [3.63, 3.8) is 0 Å². The summed E-state index contributed by atoms with van der Waals surface area (Å²) in [5, 5.41) is 0. The summed E-state index contributed by atoms with van der Waals surface area (Å²) in [5.74, 6) is 4.02. The van der Waals surface area contributed by atoms with Crippen LogP contribution in [0.15, 0.2) is 30.3 Å². The van der Waals surface area contributed by atoms with Crippen molar-refractivity contribution in [3.8, 4) is 0 Å². The zero-order valence-corrected chi connectivity index (χ0v) is 18.7. The molecule has 0 unspecified atom stereocenters. The topological polar surface area (TPSA) is 0 Å². The van der Waals surface area contributed by atoms with Crippen molar-refractivity contribution in [1.82, 2.24) is 0 Å². The molecule has 2 aliphatic rings. The van der Waals surface area contributed by atoms with Crippen molar-refractivity contribution in [2.45, 2.75) is 122 Å². The standard InChI is InChI=1S/C28H46/c1-2-3-4-5-6-7-8-10-13-24-16-18-26(19-17-24)28-22-20-27(21-23-28)25-14-11-9-12-15-25/h9,11-12,14-15,24,26-28H,2-8,10,13,16-23H2,1H3/t24-,26-,27-,28-. The predicted molar refractivity (Wildman–Crippen MR) is 124 cm³/mol. The molecule has 158 valence electrons. The van der Waals surface area contributed by atoms with E-state index in [1.165, 1.54) is 83.5 Å². The summed E-state index contributed by atoms with van der Waals surface area (Å²) >= 11 is 0. The second-order valence-electron chi connectivity index (χ2n) is 10.1. The third kappa shape index (κ3) is 7.23. The number of hydrogen-bond acceptors (Lipinski definition) is 0. The lowest BCUT2D eigenvalue weighted by molar-refractivity contribution is 0.155. The van der Waals surface area contributed by atoms with Crippen LogP contribution >= 0.6 is 0 Å². The molecule has 0 heterocycles.